The van der Waals surface area contributed by atoms with Crippen LogP contribution in [-0.2, 0) is 24.5 Å². The second-order valence-electron chi connectivity index (χ2n) is 10.8. The van der Waals surface area contributed by atoms with E-state index in [2.05, 4.69) is 38.1 Å². The highest BCUT2D eigenvalue weighted by Crippen LogP contribution is 2.41. The molecule has 2 aromatic carbocycles. The fraction of sp³-hybridized carbons (Fsp3) is 0.531. The van der Waals surface area contributed by atoms with E-state index in [1.54, 1.807) is 6.92 Å². The third-order valence-electron chi connectivity index (χ3n) is 7.16. The van der Waals surface area contributed by atoms with Crippen LogP contribution in [0.3, 0.4) is 0 Å². The Balaban J connectivity index is 2.19. The van der Waals surface area contributed by atoms with Crippen LogP contribution in [0.2, 0.25) is 0 Å². The molecular formula is C32H44O6. The minimum atomic E-state index is -0.433. The van der Waals surface area contributed by atoms with Crippen molar-refractivity contribution in [1.82, 2.24) is 0 Å². The Kier molecular flexibility index (Phi) is 11.1. The zero-order valence-electron chi connectivity index (χ0n) is 24.4. The summed E-state index contributed by atoms with van der Waals surface area (Å²) in [5, 5.41) is 0. The number of aryl methyl sites for hydroxylation is 2. The maximum atomic E-state index is 12.3. The van der Waals surface area contributed by atoms with Crippen LogP contribution in [0.1, 0.15) is 89.5 Å². The van der Waals surface area contributed by atoms with Gasteiger partial charge in [0.1, 0.15) is 24.7 Å². The highest BCUT2D eigenvalue weighted by Gasteiger charge is 2.32. The van der Waals surface area contributed by atoms with Gasteiger partial charge in [-0.3, -0.25) is 14.4 Å². The molecule has 0 saturated carbocycles. The van der Waals surface area contributed by atoms with Crippen molar-refractivity contribution in [2.75, 3.05) is 19.8 Å². The van der Waals surface area contributed by atoms with Crippen molar-refractivity contribution in [2.24, 2.45) is 5.41 Å². The van der Waals surface area contributed by atoms with Gasteiger partial charge < -0.3 is 14.2 Å². The smallest absolute Gasteiger partial charge is 0.306 e. The summed E-state index contributed by atoms with van der Waals surface area (Å²) < 4.78 is 16.5. The van der Waals surface area contributed by atoms with Gasteiger partial charge in [-0.15, -0.1) is 0 Å². The van der Waals surface area contributed by atoms with Crippen LogP contribution in [0.25, 0.3) is 0 Å². The summed E-state index contributed by atoms with van der Waals surface area (Å²) in [6.45, 7) is 16.1. The Hall–Kier alpha value is -3.15. The molecule has 0 saturated heterocycles. The Morgan fingerprint density at radius 1 is 0.737 bits per heavy atom. The number of ether oxygens (including phenoxy) is 3. The first-order valence-corrected chi connectivity index (χ1v) is 13.6. The molecule has 6 heteroatoms. The van der Waals surface area contributed by atoms with Crippen LogP contribution < -0.4 is 9.47 Å². The molecule has 0 atom stereocenters. The lowest BCUT2D eigenvalue weighted by Gasteiger charge is -2.34. The third-order valence-corrected chi connectivity index (χ3v) is 7.16. The summed E-state index contributed by atoms with van der Waals surface area (Å²) in [6.07, 6.45) is 1.98. The zero-order valence-corrected chi connectivity index (χ0v) is 24.4. The first-order valence-electron chi connectivity index (χ1n) is 13.6. The monoisotopic (exact) mass is 524 g/mol. The first kappa shape index (κ1) is 31.1. The third kappa shape index (κ3) is 7.92. The van der Waals surface area contributed by atoms with Gasteiger partial charge in [0.15, 0.2) is 11.6 Å². The number of carbonyl (C=O) groups is 3. The Bertz CT molecular complexity index is 1120. The summed E-state index contributed by atoms with van der Waals surface area (Å²) in [4.78, 5) is 36.0. The molecule has 0 aliphatic heterocycles. The van der Waals surface area contributed by atoms with E-state index in [-0.39, 0.29) is 49.0 Å². The van der Waals surface area contributed by atoms with Crippen molar-refractivity contribution in [2.45, 2.75) is 86.5 Å². The SMILES string of the molecule is CCOC(=O)CCC(=O)COc1ccc(C(CC)(CC)c2ccc(OCC(=O)C(C)(C)C)c(C)c2)cc1C. The van der Waals surface area contributed by atoms with E-state index in [1.165, 1.54) is 11.1 Å². The largest absolute Gasteiger partial charge is 0.486 e. The van der Waals surface area contributed by atoms with Gasteiger partial charge in [-0.2, -0.15) is 0 Å². The molecule has 0 radical (unpaired) electrons. The molecule has 0 unspecified atom stereocenters. The van der Waals surface area contributed by atoms with E-state index in [1.807, 2.05) is 46.8 Å². The molecule has 2 aromatic rings. The van der Waals surface area contributed by atoms with E-state index in [4.69, 9.17) is 14.2 Å². The lowest BCUT2D eigenvalue weighted by Crippen LogP contribution is -2.27. The molecule has 208 valence electrons. The number of ketones is 2. The lowest BCUT2D eigenvalue weighted by molar-refractivity contribution is -0.144. The summed E-state index contributed by atoms with van der Waals surface area (Å²) in [6, 6.07) is 12.3. The molecule has 0 aliphatic carbocycles. The number of Topliss-reactive ketones (excluding diaryl/α,β-unsaturated/α-hetero) is 2. The minimum Gasteiger partial charge on any atom is -0.486 e. The van der Waals surface area contributed by atoms with Crippen LogP contribution in [-0.4, -0.2) is 37.4 Å². The molecule has 0 aliphatic rings. The van der Waals surface area contributed by atoms with Gasteiger partial charge in [-0.05, 0) is 68.0 Å². The zero-order chi connectivity index (χ0) is 28.5. The maximum absolute atomic E-state index is 12.3. The summed E-state index contributed by atoms with van der Waals surface area (Å²) in [7, 11) is 0. The van der Waals surface area contributed by atoms with Gasteiger partial charge in [0.05, 0.1) is 13.0 Å². The lowest BCUT2D eigenvalue weighted by atomic mass is 9.70. The van der Waals surface area contributed by atoms with Crippen molar-refractivity contribution in [1.29, 1.82) is 0 Å². The summed E-state index contributed by atoms with van der Waals surface area (Å²) in [5.74, 6) is 0.934. The fourth-order valence-corrected chi connectivity index (χ4v) is 4.52. The predicted octanol–water partition coefficient (Wildman–Crippen LogP) is 6.69. The summed E-state index contributed by atoms with van der Waals surface area (Å²) >= 11 is 0. The normalized spacial score (nSPS) is 11.7. The molecule has 0 heterocycles. The second-order valence-corrected chi connectivity index (χ2v) is 10.8. The Morgan fingerprint density at radius 2 is 1.24 bits per heavy atom. The number of carbonyl (C=O) groups excluding carboxylic acids is 3. The van der Waals surface area contributed by atoms with Crippen molar-refractivity contribution in [3.63, 3.8) is 0 Å². The standard InChI is InChI=1S/C32H44O6/c1-9-32(10-2,25-13-16-28(23(5)19-25)38-21-29(34)31(6,7)8)24-12-15-27(22(4)18-24)37-20-26(33)14-17-30(35)36-11-3/h12-13,15-16,18-19H,9-11,14,17,20-21H2,1-8H3. The highest BCUT2D eigenvalue weighted by atomic mass is 16.5. The minimum absolute atomic E-state index is 0.0579. The van der Waals surface area contributed by atoms with Crippen LogP contribution in [0.5, 0.6) is 11.5 Å². The molecule has 0 spiro atoms. The predicted molar refractivity (Wildman–Crippen MR) is 150 cm³/mol. The van der Waals surface area contributed by atoms with Crippen LogP contribution in [0.4, 0.5) is 0 Å². The van der Waals surface area contributed by atoms with Gasteiger partial charge >= 0.3 is 5.97 Å². The van der Waals surface area contributed by atoms with Gasteiger partial charge in [0, 0.05) is 17.3 Å². The Morgan fingerprint density at radius 3 is 1.66 bits per heavy atom. The van der Waals surface area contributed by atoms with Gasteiger partial charge in [-0.1, -0.05) is 58.9 Å². The van der Waals surface area contributed by atoms with E-state index < -0.39 is 5.41 Å². The van der Waals surface area contributed by atoms with E-state index in [0.29, 0.717) is 12.4 Å². The Labute approximate surface area is 228 Å². The number of hydrogen-bond acceptors (Lipinski definition) is 6. The molecule has 0 amide bonds. The second kappa shape index (κ2) is 13.6. The number of benzene rings is 2. The van der Waals surface area contributed by atoms with E-state index >= 15 is 0 Å². The van der Waals surface area contributed by atoms with Crippen molar-refractivity contribution in [3.05, 3.63) is 58.7 Å². The van der Waals surface area contributed by atoms with Crippen molar-refractivity contribution < 1.29 is 28.6 Å². The molecular weight excluding hydrogens is 480 g/mol. The molecule has 0 aromatic heterocycles. The van der Waals surface area contributed by atoms with Crippen LogP contribution in [0.15, 0.2) is 36.4 Å². The van der Waals surface area contributed by atoms with E-state index in [9.17, 15) is 14.4 Å². The van der Waals surface area contributed by atoms with Gasteiger partial charge in [0.2, 0.25) is 0 Å². The average molecular weight is 525 g/mol. The number of rotatable bonds is 14. The average Bonchev–Trinajstić information content (AvgIpc) is 2.87. The van der Waals surface area contributed by atoms with Crippen LogP contribution in [0, 0.1) is 19.3 Å². The van der Waals surface area contributed by atoms with Crippen molar-refractivity contribution >= 4 is 17.5 Å². The molecule has 0 bridgehead atoms. The quantitative estimate of drug-likeness (QED) is 0.256. The molecule has 2 rings (SSSR count). The molecule has 0 N–H and O–H groups in total. The maximum Gasteiger partial charge on any atom is 0.306 e. The summed E-state index contributed by atoms with van der Waals surface area (Å²) in [5.41, 5.74) is 3.67. The van der Waals surface area contributed by atoms with E-state index in [0.717, 1.165) is 29.7 Å². The molecule has 6 nitrogen and oxygen atoms in total. The number of hydrogen-bond donors (Lipinski definition) is 0. The molecule has 0 fully saturated rings. The van der Waals surface area contributed by atoms with Crippen LogP contribution >= 0.6 is 0 Å². The molecule has 38 heavy (non-hydrogen) atoms. The number of esters is 1. The fourth-order valence-electron chi connectivity index (χ4n) is 4.52. The van der Waals surface area contributed by atoms with Gasteiger partial charge in [0.25, 0.3) is 0 Å². The first-order chi connectivity index (χ1) is 17.9. The van der Waals surface area contributed by atoms with Gasteiger partial charge in [-0.25, -0.2) is 0 Å². The topological polar surface area (TPSA) is 78.9 Å². The van der Waals surface area contributed by atoms with Crippen molar-refractivity contribution in [3.8, 4) is 11.5 Å². The highest BCUT2D eigenvalue weighted by molar-refractivity contribution is 5.85.